The Bertz CT molecular complexity index is 1530. The highest BCUT2D eigenvalue weighted by molar-refractivity contribution is 5.87. The number of carbonyl (C=O) groups excluding carboxylic acids is 2. The summed E-state index contributed by atoms with van der Waals surface area (Å²) < 4.78 is 5.60. The van der Waals surface area contributed by atoms with E-state index in [1.54, 1.807) is 9.80 Å². The first-order chi connectivity index (χ1) is 22.6. The maximum atomic E-state index is 12.7. The number of ether oxygens (including phenoxy) is 1. The van der Waals surface area contributed by atoms with Gasteiger partial charge in [-0.15, -0.1) is 0 Å². The van der Waals surface area contributed by atoms with Gasteiger partial charge < -0.3 is 29.7 Å². The molecule has 6 rings (SSSR count). The second-order valence-electron chi connectivity index (χ2n) is 14.2. The maximum absolute atomic E-state index is 12.7. The van der Waals surface area contributed by atoms with Crippen molar-refractivity contribution in [3.8, 4) is 6.07 Å². The lowest BCUT2D eigenvalue weighted by atomic mass is 9.88. The van der Waals surface area contributed by atoms with E-state index in [1.807, 2.05) is 20.8 Å². The summed E-state index contributed by atoms with van der Waals surface area (Å²) in [5.74, 6) is 1.38. The van der Waals surface area contributed by atoms with E-state index in [4.69, 9.17) is 14.7 Å². The van der Waals surface area contributed by atoms with Crippen molar-refractivity contribution in [2.45, 2.75) is 95.9 Å². The van der Waals surface area contributed by atoms with Gasteiger partial charge in [0.25, 0.3) is 0 Å². The number of benzene rings is 1. The van der Waals surface area contributed by atoms with E-state index in [0.29, 0.717) is 44.7 Å². The third-order valence-electron chi connectivity index (χ3n) is 9.86. The molecule has 2 amide bonds. The summed E-state index contributed by atoms with van der Waals surface area (Å²) in [5, 5.41) is 13.2. The van der Waals surface area contributed by atoms with Gasteiger partial charge in [-0.25, -0.2) is 9.78 Å². The Labute approximate surface area is 280 Å². The average molecular weight is 643 g/mol. The van der Waals surface area contributed by atoms with Gasteiger partial charge >= 0.3 is 6.09 Å². The highest BCUT2D eigenvalue weighted by atomic mass is 16.6. The number of para-hydroxylation sites is 1. The van der Waals surface area contributed by atoms with Crippen LogP contribution in [0.5, 0.6) is 0 Å². The third-order valence-corrected chi connectivity index (χ3v) is 9.86. The molecule has 252 valence electrons. The van der Waals surface area contributed by atoms with Crippen LogP contribution in [0.4, 0.5) is 22.2 Å². The normalized spacial score (nSPS) is 21.7. The Morgan fingerprint density at radius 3 is 2.64 bits per heavy atom. The molecule has 4 aliphatic rings. The van der Waals surface area contributed by atoms with Gasteiger partial charge in [-0.2, -0.15) is 10.2 Å². The number of nitrogens with zero attached hydrogens (tertiary/aromatic N) is 7. The van der Waals surface area contributed by atoms with Crippen LogP contribution in [-0.4, -0.2) is 94.8 Å². The number of amides is 2. The molecule has 0 bridgehead atoms. The van der Waals surface area contributed by atoms with Crippen molar-refractivity contribution in [1.29, 1.82) is 5.26 Å². The Morgan fingerprint density at radius 1 is 1.11 bits per heavy atom. The molecule has 1 aromatic heterocycles. The molecule has 1 aromatic carbocycles. The molecule has 47 heavy (non-hydrogen) atoms. The van der Waals surface area contributed by atoms with Gasteiger partial charge in [0.15, 0.2) is 0 Å². The van der Waals surface area contributed by atoms with Gasteiger partial charge in [-0.05, 0) is 77.0 Å². The zero-order valence-corrected chi connectivity index (χ0v) is 28.1. The smallest absolute Gasteiger partial charge is 0.410 e. The number of aromatic nitrogens is 2. The van der Waals surface area contributed by atoms with Crippen LogP contribution in [-0.2, 0) is 28.8 Å². The largest absolute Gasteiger partial charge is 0.444 e. The minimum atomic E-state index is -0.523. The van der Waals surface area contributed by atoms with Crippen molar-refractivity contribution in [3.05, 3.63) is 53.7 Å². The summed E-state index contributed by atoms with van der Waals surface area (Å²) >= 11 is 0. The molecular weight excluding hydrogens is 592 g/mol. The maximum Gasteiger partial charge on any atom is 0.410 e. The van der Waals surface area contributed by atoms with Crippen molar-refractivity contribution < 1.29 is 15.8 Å². The first kappa shape index (κ1) is 32.6. The number of hydrogen-bond acceptors (Lipinski definition) is 9. The minimum Gasteiger partial charge on any atom is -0.444 e. The van der Waals surface area contributed by atoms with E-state index in [1.165, 1.54) is 22.9 Å². The first-order valence-corrected chi connectivity index (χ1v) is 17.2. The van der Waals surface area contributed by atoms with Gasteiger partial charge in [0.1, 0.15) is 11.4 Å². The number of carbonyl (C=O) groups is 2. The fourth-order valence-corrected chi connectivity index (χ4v) is 7.56. The van der Waals surface area contributed by atoms with E-state index in [0.717, 1.165) is 63.0 Å². The van der Waals surface area contributed by atoms with Crippen LogP contribution in [0.1, 0.15) is 71.1 Å². The van der Waals surface area contributed by atoms with Gasteiger partial charge in [0.05, 0.1) is 24.2 Å². The zero-order chi connectivity index (χ0) is 33.1. The summed E-state index contributed by atoms with van der Waals surface area (Å²) in [6.45, 7) is 13.3. The lowest BCUT2D eigenvalue weighted by molar-refractivity contribution is -0.128. The van der Waals surface area contributed by atoms with Crippen LogP contribution < -0.4 is 15.1 Å². The molecule has 0 radical (unpaired) electrons. The molecule has 1 aliphatic carbocycles. The standard InChI is InChI=1S/C36H48N8O3.H2/c1-5-32(45)44-22-21-42(24-28(44)14-17-37)33-29-13-12-27(43-18-8-10-25-9-6-7-11-31(25)43)23-30(29)39-34(40-33)38-26-15-19-41(20-16-26)35(46)47-36(2,3)4;/h5-7,9,11,26-28H,1,8,10,12-16,18-24H2,2-4H3,(H,38,39,40);1H/t27?,28-;/m0./s1. The van der Waals surface area contributed by atoms with E-state index in [2.05, 4.69) is 52.0 Å². The van der Waals surface area contributed by atoms with Crippen LogP contribution in [0, 0.1) is 11.3 Å². The van der Waals surface area contributed by atoms with Crippen LogP contribution in [0.15, 0.2) is 36.9 Å². The number of likely N-dealkylation sites (tertiary alicyclic amines) is 1. The predicted molar refractivity (Wildman–Crippen MR) is 185 cm³/mol. The van der Waals surface area contributed by atoms with Crippen molar-refractivity contribution >= 4 is 29.5 Å². The molecule has 3 aliphatic heterocycles. The van der Waals surface area contributed by atoms with E-state index in [-0.39, 0.29) is 31.9 Å². The van der Waals surface area contributed by atoms with Crippen LogP contribution in [0.3, 0.4) is 0 Å². The monoisotopic (exact) mass is 642 g/mol. The fourth-order valence-electron chi connectivity index (χ4n) is 7.56. The average Bonchev–Trinajstić information content (AvgIpc) is 3.06. The van der Waals surface area contributed by atoms with Gasteiger partial charge in [0.2, 0.25) is 11.9 Å². The van der Waals surface area contributed by atoms with Crippen molar-refractivity contribution in [3.63, 3.8) is 0 Å². The number of rotatable bonds is 6. The molecule has 2 aromatic rings. The number of piperazine rings is 1. The lowest BCUT2D eigenvalue weighted by Gasteiger charge is -2.43. The summed E-state index contributed by atoms with van der Waals surface area (Å²) in [5.41, 5.74) is 4.49. The van der Waals surface area contributed by atoms with Gasteiger partial charge in [0, 0.05) is 70.5 Å². The van der Waals surface area contributed by atoms with Gasteiger partial charge in [-0.1, -0.05) is 24.8 Å². The van der Waals surface area contributed by atoms with Crippen molar-refractivity contribution in [2.24, 2.45) is 0 Å². The highest BCUT2D eigenvalue weighted by Crippen LogP contribution is 2.37. The number of fused-ring (bicyclic) bond motifs is 2. The molecule has 11 nitrogen and oxygen atoms in total. The number of anilines is 3. The Kier molecular flexibility index (Phi) is 9.57. The SMILES string of the molecule is C=CC(=O)N1CCN(c2nc(NC3CCN(C(=O)OC(C)(C)C)CC3)nc3c2CCC(N2CCCc4ccccc42)C3)C[C@@H]1CC#N.[HH]. The second-order valence-corrected chi connectivity index (χ2v) is 14.2. The molecule has 0 spiro atoms. The molecule has 11 heteroatoms. The zero-order valence-electron chi connectivity index (χ0n) is 28.1. The molecular formula is C36H50N8O3. The Hall–Kier alpha value is -4.33. The van der Waals surface area contributed by atoms with Crippen LogP contribution >= 0.6 is 0 Å². The number of piperidine rings is 1. The summed E-state index contributed by atoms with van der Waals surface area (Å²) in [6.07, 6.45) is 7.86. The molecule has 1 N–H and O–H groups in total. The molecule has 2 fully saturated rings. The van der Waals surface area contributed by atoms with E-state index in [9.17, 15) is 14.9 Å². The number of nitriles is 1. The van der Waals surface area contributed by atoms with Crippen LogP contribution in [0.2, 0.25) is 0 Å². The molecule has 0 saturated carbocycles. The van der Waals surface area contributed by atoms with Gasteiger partial charge in [-0.3, -0.25) is 4.79 Å². The molecule has 4 heterocycles. The van der Waals surface area contributed by atoms with Crippen molar-refractivity contribution in [1.82, 2.24) is 19.8 Å². The van der Waals surface area contributed by atoms with E-state index >= 15 is 0 Å². The molecule has 2 atom stereocenters. The lowest BCUT2D eigenvalue weighted by Crippen LogP contribution is -2.55. The van der Waals surface area contributed by atoms with E-state index < -0.39 is 5.60 Å². The summed E-state index contributed by atoms with van der Waals surface area (Å²) in [7, 11) is 0. The van der Waals surface area contributed by atoms with Crippen LogP contribution in [0.25, 0.3) is 0 Å². The number of nitrogens with one attached hydrogen (secondary N) is 1. The number of aryl methyl sites for hydroxylation is 1. The molecule has 2 saturated heterocycles. The highest BCUT2D eigenvalue weighted by Gasteiger charge is 2.35. The topological polar surface area (TPSA) is 118 Å². The molecule has 1 unspecified atom stereocenters. The van der Waals surface area contributed by atoms with Crippen molar-refractivity contribution in [2.75, 3.05) is 54.4 Å². The Morgan fingerprint density at radius 2 is 1.89 bits per heavy atom. The predicted octanol–water partition coefficient (Wildman–Crippen LogP) is 4.96. The minimum absolute atomic E-state index is 0. The Balaban J connectivity index is 0.00000451. The fraction of sp³-hybridized carbons (Fsp3) is 0.583. The first-order valence-electron chi connectivity index (χ1n) is 17.2. The number of hydrogen-bond donors (Lipinski definition) is 1. The summed E-state index contributed by atoms with van der Waals surface area (Å²) in [6, 6.07) is 11.3. The quantitative estimate of drug-likeness (QED) is 0.436. The summed E-state index contributed by atoms with van der Waals surface area (Å²) in [4.78, 5) is 44.0. The third kappa shape index (κ3) is 7.32. The second kappa shape index (κ2) is 13.8.